The van der Waals surface area contributed by atoms with E-state index in [4.69, 9.17) is 0 Å². The molecule has 1 N–H and O–H groups in total. The van der Waals surface area contributed by atoms with E-state index < -0.39 is 6.36 Å². The predicted octanol–water partition coefficient (Wildman–Crippen LogP) is 3.75. The van der Waals surface area contributed by atoms with Gasteiger partial charge in [0.25, 0.3) is 0 Å². The van der Waals surface area contributed by atoms with E-state index in [1.807, 2.05) is 6.92 Å². The Labute approximate surface area is 135 Å². The van der Waals surface area contributed by atoms with Gasteiger partial charge in [0.15, 0.2) is 0 Å². The van der Waals surface area contributed by atoms with Gasteiger partial charge in [-0.25, -0.2) is 0 Å². The number of piperazine rings is 1. The maximum atomic E-state index is 12.6. The molecule has 22 heavy (non-hydrogen) atoms. The maximum absolute atomic E-state index is 12.6. The van der Waals surface area contributed by atoms with Crippen molar-refractivity contribution >= 4 is 12.4 Å². The number of para-hydroxylation sites is 1. The van der Waals surface area contributed by atoms with E-state index in [9.17, 15) is 13.2 Å². The van der Waals surface area contributed by atoms with E-state index in [0.717, 1.165) is 39.0 Å². The van der Waals surface area contributed by atoms with Crippen molar-refractivity contribution in [2.45, 2.75) is 32.2 Å². The number of nitrogens with one attached hydrogen (secondary N) is 1. The zero-order chi connectivity index (χ0) is 15.3. The Morgan fingerprint density at radius 1 is 1.23 bits per heavy atom. The molecule has 0 spiro atoms. The Kier molecular flexibility index (Phi) is 7.45. The standard InChI is InChI=1S/C15H21F3N2O.ClH/c1-2-5-13(20-10-8-19-9-11-20)12-6-3-4-7-14(12)21-15(16,17)18;/h3-4,6-7,13,19H,2,5,8-11H2,1H3;1H/t13-;/m0./s1. The highest BCUT2D eigenvalue weighted by atomic mass is 35.5. The summed E-state index contributed by atoms with van der Waals surface area (Å²) in [6.07, 6.45) is -2.93. The van der Waals surface area contributed by atoms with Gasteiger partial charge in [-0.3, -0.25) is 4.90 Å². The molecular formula is C15H22ClF3N2O. The predicted molar refractivity (Wildman–Crippen MR) is 82.5 cm³/mol. The Morgan fingerprint density at radius 3 is 2.45 bits per heavy atom. The summed E-state index contributed by atoms with van der Waals surface area (Å²) in [7, 11) is 0. The molecule has 0 unspecified atom stereocenters. The lowest BCUT2D eigenvalue weighted by Crippen LogP contribution is -2.45. The van der Waals surface area contributed by atoms with Crippen molar-refractivity contribution < 1.29 is 17.9 Å². The van der Waals surface area contributed by atoms with Crippen LogP contribution < -0.4 is 10.1 Å². The van der Waals surface area contributed by atoms with Crippen LogP contribution in [-0.4, -0.2) is 37.4 Å². The second kappa shape index (κ2) is 8.60. The number of halogens is 4. The highest BCUT2D eigenvalue weighted by Crippen LogP contribution is 2.35. The fourth-order valence-corrected chi connectivity index (χ4v) is 2.78. The number of ether oxygens (including phenoxy) is 1. The number of hydrogen-bond acceptors (Lipinski definition) is 3. The molecule has 1 aromatic carbocycles. The molecule has 0 radical (unpaired) electrons. The van der Waals surface area contributed by atoms with E-state index >= 15 is 0 Å². The van der Waals surface area contributed by atoms with Gasteiger partial charge in [0, 0.05) is 37.8 Å². The van der Waals surface area contributed by atoms with Gasteiger partial charge >= 0.3 is 6.36 Å². The Bertz CT molecular complexity index is 451. The first-order chi connectivity index (χ1) is 10.0. The summed E-state index contributed by atoms with van der Waals surface area (Å²) < 4.78 is 41.9. The average molecular weight is 339 g/mol. The lowest BCUT2D eigenvalue weighted by molar-refractivity contribution is -0.275. The van der Waals surface area contributed by atoms with Crippen molar-refractivity contribution in [2.75, 3.05) is 26.2 Å². The summed E-state index contributed by atoms with van der Waals surface area (Å²) in [6.45, 7) is 5.45. The summed E-state index contributed by atoms with van der Waals surface area (Å²) in [5, 5.41) is 3.26. The summed E-state index contributed by atoms with van der Waals surface area (Å²) in [5.41, 5.74) is 0.624. The second-order valence-corrected chi connectivity index (χ2v) is 5.18. The van der Waals surface area contributed by atoms with Crippen LogP contribution in [0.1, 0.15) is 31.4 Å². The molecule has 1 heterocycles. The van der Waals surface area contributed by atoms with E-state index in [0.29, 0.717) is 5.56 Å². The molecule has 0 amide bonds. The number of nitrogens with zero attached hydrogens (tertiary/aromatic N) is 1. The molecule has 7 heteroatoms. The molecule has 126 valence electrons. The maximum Gasteiger partial charge on any atom is 0.573 e. The minimum Gasteiger partial charge on any atom is -0.405 e. The van der Waals surface area contributed by atoms with Crippen LogP contribution in [-0.2, 0) is 0 Å². The molecule has 0 saturated carbocycles. The zero-order valence-electron chi connectivity index (χ0n) is 12.5. The molecule has 1 aliphatic rings. The molecule has 3 nitrogen and oxygen atoms in total. The van der Waals surface area contributed by atoms with Crippen molar-refractivity contribution in [3.8, 4) is 5.75 Å². The minimum absolute atomic E-state index is 0. The molecule has 0 bridgehead atoms. The van der Waals surface area contributed by atoms with Gasteiger partial charge in [-0.15, -0.1) is 25.6 Å². The quantitative estimate of drug-likeness (QED) is 0.885. The average Bonchev–Trinajstić information content (AvgIpc) is 2.45. The smallest absolute Gasteiger partial charge is 0.405 e. The van der Waals surface area contributed by atoms with E-state index in [2.05, 4.69) is 15.0 Å². The van der Waals surface area contributed by atoms with Crippen LogP contribution in [0.4, 0.5) is 13.2 Å². The minimum atomic E-state index is -4.66. The molecule has 1 saturated heterocycles. The monoisotopic (exact) mass is 338 g/mol. The number of benzene rings is 1. The fourth-order valence-electron chi connectivity index (χ4n) is 2.78. The summed E-state index contributed by atoms with van der Waals surface area (Å²) >= 11 is 0. The van der Waals surface area contributed by atoms with Crippen LogP contribution >= 0.6 is 12.4 Å². The second-order valence-electron chi connectivity index (χ2n) is 5.18. The summed E-state index contributed by atoms with van der Waals surface area (Å²) in [4.78, 5) is 2.23. The molecule has 2 rings (SSSR count). The Hall–Kier alpha value is -0.980. The van der Waals surface area contributed by atoms with Crippen molar-refractivity contribution in [1.29, 1.82) is 0 Å². The Morgan fingerprint density at radius 2 is 1.86 bits per heavy atom. The Balaban J connectivity index is 0.00000242. The van der Waals surface area contributed by atoms with Crippen molar-refractivity contribution in [3.63, 3.8) is 0 Å². The number of alkyl halides is 3. The van der Waals surface area contributed by atoms with Crippen LogP contribution in [0.2, 0.25) is 0 Å². The SMILES string of the molecule is CCC[C@@H](c1ccccc1OC(F)(F)F)N1CCNCC1.Cl. The van der Waals surface area contributed by atoms with Crippen LogP contribution in [0.3, 0.4) is 0 Å². The molecule has 0 aromatic heterocycles. The molecule has 0 aliphatic carbocycles. The molecule has 1 atom stereocenters. The molecular weight excluding hydrogens is 317 g/mol. The summed E-state index contributed by atoms with van der Waals surface area (Å²) in [6, 6.07) is 6.45. The summed E-state index contributed by atoms with van der Waals surface area (Å²) in [5.74, 6) is -0.0815. The van der Waals surface area contributed by atoms with Gasteiger partial charge < -0.3 is 10.1 Å². The van der Waals surface area contributed by atoms with Gasteiger partial charge in [-0.1, -0.05) is 31.5 Å². The van der Waals surface area contributed by atoms with Gasteiger partial charge in [0.2, 0.25) is 0 Å². The topological polar surface area (TPSA) is 24.5 Å². The van der Waals surface area contributed by atoms with Gasteiger partial charge in [-0.05, 0) is 12.5 Å². The largest absolute Gasteiger partial charge is 0.573 e. The van der Waals surface area contributed by atoms with Crippen molar-refractivity contribution in [2.24, 2.45) is 0 Å². The molecule has 1 aliphatic heterocycles. The van der Waals surface area contributed by atoms with Crippen molar-refractivity contribution in [3.05, 3.63) is 29.8 Å². The third-order valence-electron chi connectivity index (χ3n) is 3.66. The van der Waals surface area contributed by atoms with Crippen LogP contribution in [0.15, 0.2) is 24.3 Å². The zero-order valence-corrected chi connectivity index (χ0v) is 13.3. The van der Waals surface area contributed by atoms with Crippen LogP contribution in [0.25, 0.3) is 0 Å². The van der Waals surface area contributed by atoms with Gasteiger partial charge in [-0.2, -0.15) is 0 Å². The lowest BCUT2D eigenvalue weighted by Gasteiger charge is -2.35. The van der Waals surface area contributed by atoms with E-state index in [-0.39, 0.29) is 24.2 Å². The highest BCUT2D eigenvalue weighted by Gasteiger charge is 2.33. The first kappa shape index (κ1) is 19.1. The van der Waals surface area contributed by atoms with Crippen LogP contribution in [0.5, 0.6) is 5.75 Å². The normalized spacial score (nSPS) is 17.6. The highest BCUT2D eigenvalue weighted by molar-refractivity contribution is 5.85. The first-order valence-electron chi connectivity index (χ1n) is 7.30. The lowest BCUT2D eigenvalue weighted by atomic mass is 9.99. The number of rotatable bonds is 5. The third-order valence-corrected chi connectivity index (χ3v) is 3.66. The van der Waals surface area contributed by atoms with E-state index in [1.165, 1.54) is 6.07 Å². The fraction of sp³-hybridized carbons (Fsp3) is 0.600. The van der Waals surface area contributed by atoms with E-state index in [1.54, 1.807) is 18.2 Å². The van der Waals surface area contributed by atoms with Gasteiger partial charge in [0.1, 0.15) is 5.75 Å². The third kappa shape index (κ3) is 5.34. The number of hydrogen-bond donors (Lipinski definition) is 1. The first-order valence-corrected chi connectivity index (χ1v) is 7.30. The van der Waals surface area contributed by atoms with Crippen LogP contribution in [0, 0.1) is 0 Å². The molecule has 1 fully saturated rings. The molecule has 1 aromatic rings. The van der Waals surface area contributed by atoms with Gasteiger partial charge in [0.05, 0.1) is 0 Å². The van der Waals surface area contributed by atoms with Crippen molar-refractivity contribution in [1.82, 2.24) is 10.2 Å².